The predicted octanol–water partition coefficient (Wildman–Crippen LogP) is 5.83. The van der Waals surface area contributed by atoms with Crippen molar-refractivity contribution in [1.82, 2.24) is 4.90 Å². The molecule has 29 heavy (non-hydrogen) atoms. The van der Waals surface area contributed by atoms with E-state index in [9.17, 15) is 18.0 Å². The molecule has 0 spiro atoms. The molecule has 1 amide bonds. The van der Waals surface area contributed by atoms with Crippen LogP contribution in [0, 0.1) is 0 Å². The zero-order valence-corrected chi connectivity index (χ0v) is 16.8. The van der Waals surface area contributed by atoms with Gasteiger partial charge in [-0.25, -0.2) is 4.79 Å². The van der Waals surface area contributed by atoms with E-state index >= 15 is 0 Å². The molecule has 7 heteroatoms. The fourth-order valence-corrected chi connectivity index (χ4v) is 3.61. The van der Waals surface area contributed by atoms with Gasteiger partial charge in [-0.3, -0.25) is 4.90 Å². The Balaban J connectivity index is 2.14. The Morgan fingerprint density at radius 1 is 1.03 bits per heavy atom. The van der Waals surface area contributed by atoms with E-state index in [0.29, 0.717) is 16.9 Å². The van der Waals surface area contributed by atoms with Crippen LogP contribution >= 0.6 is 0 Å². The van der Waals surface area contributed by atoms with Crippen LogP contribution in [-0.4, -0.2) is 29.9 Å². The van der Waals surface area contributed by atoms with Gasteiger partial charge in [0.25, 0.3) is 0 Å². The van der Waals surface area contributed by atoms with Crippen LogP contribution in [0.1, 0.15) is 49.5 Å². The highest BCUT2D eigenvalue weighted by Gasteiger charge is 2.53. The Bertz CT molecular complexity index is 872. The molecule has 1 heterocycles. The minimum absolute atomic E-state index is 0.0793. The van der Waals surface area contributed by atoms with Crippen LogP contribution in [0.25, 0.3) is 0 Å². The van der Waals surface area contributed by atoms with E-state index < -0.39 is 30.0 Å². The molecule has 3 rings (SSSR count). The average Bonchev–Trinajstić information content (AvgIpc) is 2.64. The predicted molar refractivity (Wildman–Crippen MR) is 103 cm³/mol. The van der Waals surface area contributed by atoms with E-state index in [2.05, 4.69) is 0 Å². The van der Waals surface area contributed by atoms with Gasteiger partial charge in [-0.15, -0.1) is 0 Å². The van der Waals surface area contributed by atoms with Crippen molar-refractivity contribution in [1.29, 1.82) is 0 Å². The fourth-order valence-electron chi connectivity index (χ4n) is 3.61. The van der Waals surface area contributed by atoms with Gasteiger partial charge in [0, 0.05) is 0 Å². The Morgan fingerprint density at radius 3 is 2.21 bits per heavy atom. The molecule has 2 aromatic carbocycles. The van der Waals surface area contributed by atoms with Crippen molar-refractivity contribution < 1.29 is 27.4 Å². The van der Waals surface area contributed by atoms with Crippen LogP contribution in [0.5, 0.6) is 5.75 Å². The first kappa shape index (κ1) is 21.0. The van der Waals surface area contributed by atoms with Crippen LogP contribution in [0.15, 0.2) is 48.5 Å². The molecule has 0 N–H and O–H groups in total. The van der Waals surface area contributed by atoms with Crippen molar-refractivity contribution in [2.24, 2.45) is 0 Å². The number of alkyl halides is 3. The van der Waals surface area contributed by atoms with E-state index in [0.717, 1.165) is 4.90 Å². The van der Waals surface area contributed by atoms with Crippen LogP contribution < -0.4 is 4.74 Å². The molecule has 2 atom stereocenters. The van der Waals surface area contributed by atoms with Crippen LogP contribution in [0.2, 0.25) is 0 Å². The minimum atomic E-state index is -4.65. The highest BCUT2D eigenvalue weighted by molar-refractivity contribution is 5.71. The number of hydrogen-bond acceptors (Lipinski definition) is 3. The lowest BCUT2D eigenvalue weighted by atomic mass is 9.85. The molecule has 0 saturated heterocycles. The van der Waals surface area contributed by atoms with E-state index in [1.54, 1.807) is 63.2 Å². The molecule has 0 unspecified atom stereocenters. The van der Waals surface area contributed by atoms with Gasteiger partial charge < -0.3 is 9.47 Å². The second kappa shape index (κ2) is 7.61. The maximum Gasteiger partial charge on any atom is 0.413 e. The van der Waals surface area contributed by atoms with Gasteiger partial charge in [0.1, 0.15) is 11.4 Å². The second-order valence-corrected chi connectivity index (χ2v) is 8.02. The third-order valence-corrected chi connectivity index (χ3v) is 4.79. The van der Waals surface area contributed by atoms with Gasteiger partial charge in [-0.1, -0.05) is 36.4 Å². The molecule has 4 nitrogen and oxygen atoms in total. The summed E-state index contributed by atoms with van der Waals surface area (Å²) in [4.78, 5) is 13.8. The van der Waals surface area contributed by atoms with E-state index in [1.807, 2.05) is 0 Å². The molecule has 0 bridgehead atoms. The quantitative estimate of drug-likeness (QED) is 0.628. The maximum absolute atomic E-state index is 14.2. The molecule has 1 aliphatic rings. The molecule has 0 aliphatic carbocycles. The summed E-state index contributed by atoms with van der Waals surface area (Å²) in [5, 5.41) is 0. The number of carbonyl (C=O) groups is 1. The summed E-state index contributed by atoms with van der Waals surface area (Å²) < 4.78 is 53.1. The topological polar surface area (TPSA) is 38.8 Å². The Morgan fingerprint density at radius 2 is 1.66 bits per heavy atom. The van der Waals surface area contributed by atoms with Crippen molar-refractivity contribution >= 4 is 6.09 Å². The normalized spacial score (nSPS) is 19.5. The Labute approximate surface area is 168 Å². The van der Waals surface area contributed by atoms with Gasteiger partial charge in [0.2, 0.25) is 0 Å². The third-order valence-electron chi connectivity index (χ3n) is 4.79. The summed E-state index contributed by atoms with van der Waals surface area (Å²) in [5.41, 5.74) is 0.306. The zero-order chi connectivity index (χ0) is 21.4. The third kappa shape index (κ3) is 4.49. The number of nitrogens with zero attached hydrogens (tertiary/aromatic N) is 1. The number of ether oxygens (including phenoxy) is 2. The summed E-state index contributed by atoms with van der Waals surface area (Å²) in [7, 11) is 1.51. The molecule has 1 aliphatic heterocycles. The molecule has 0 saturated carbocycles. The van der Waals surface area contributed by atoms with Crippen LogP contribution in [0.3, 0.4) is 0 Å². The summed E-state index contributed by atoms with van der Waals surface area (Å²) in [6, 6.07) is 10.2. The highest BCUT2D eigenvalue weighted by atomic mass is 19.4. The van der Waals surface area contributed by atoms with E-state index in [1.165, 1.54) is 13.2 Å². The molecule has 2 aromatic rings. The van der Waals surface area contributed by atoms with Gasteiger partial charge in [-0.05, 0) is 56.0 Å². The molecule has 0 aromatic heterocycles. The van der Waals surface area contributed by atoms with Gasteiger partial charge in [0.05, 0.1) is 13.2 Å². The fraction of sp³-hybridized carbons (Fsp3) is 0.409. The monoisotopic (exact) mass is 407 g/mol. The number of fused-ring (bicyclic) bond motifs is 1. The Kier molecular flexibility index (Phi) is 5.52. The highest BCUT2D eigenvalue weighted by Crippen LogP contribution is 2.48. The number of amides is 1. The van der Waals surface area contributed by atoms with E-state index in [4.69, 9.17) is 9.47 Å². The standard InChI is InChI=1S/C22H24F3NO3/c1-21(2,3)29-20(27)26-18(14-9-11-16(28-4)12-10-14)13-15-7-5-6-8-17(15)19(26)22(23,24)25/h5-12,18-19H,13H2,1-4H3/t18-,19+/m1/s1. The molecule has 156 valence electrons. The summed E-state index contributed by atoms with van der Waals surface area (Å²) >= 11 is 0. The summed E-state index contributed by atoms with van der Waals surface area (Å²) in [5.74, 6) is 0.584. The number of rotatable bonds is 2. The number of carbonyl (C=O) groups excluding carboxylic acids is 1. The van der Waals surface area contributed by atoms with Gasteiger partial charge >= 0.3 is 12.3 Å². The van der Waals surface area contributed by atoms with Crippen molar-refractivity contribution in [2.75, 3.05) is 7.11 Å². The SMILES string of the molecule is COc1ccc([C@H]2Cc3ccccc3[C@@H](C(F)(F)F)N2C(=O)OC(C)(C)C)cc1. The summed E-state index contributed by atoms with van der Waals surface area (Å²) in [6.07, 6.45) is -5.39. The van der Waals surface area contributed by atoms with Gasteiger partial charge in [0.15, 0.2) is 6.04 Å². The molecular weight excluding hydrogens is 383 g/mol. The smallest absolute Gasteiger partial charge is 0.413 e. The average molecular weight is 407 g/mol. The maximum atomic E-state index is 14.2. The number of methoxy groups -OCH3 is 1. The lowest BCUT2D eigenvalue weighted by Crippen LogP contribution is -2.49. The van der Waals surface area contributed by atoms with Crippen molar-refractivity contribution in [3.8, 4) is 5.75 Å². The number of halogens is 3. The first-order valence-corrected chi connectivity index (χ1v) is 9.31. The molecule has 0 fully saturated rings. The van der Waals surface area contributed by atoms with Crippen LogP contribution in [-0.2, 0) is 11.2 Å². The lowest BCUT2D eigenvalue weighted by molar-refractivity contribution is -0.192. The van der Waals surface area contributed by atoms with Crippen molar-refractivity contribution in [3.63, 3.8) is 0 Å². The van der Waals surface area contributed by atoms with Crippen LogP contribution in [0.4, 0.5) is 18.0 Å². The number of benzene rings is 2. The minimum Gasteiger partial charge on any atom is -0.497 e. The lowest BCUT2D eigenvalue weighted by Gasteiger charge is -2.44. The summed E-state index contributed by atoms with van der Waals surface area (Å²) in [6.45, 7) is 4.90. The second-order valence-electron chi connectivity index (χ2n) is 8.02. The zero-order valence-electron chi connectivity index (χ0n) is 16.8. The van der Waals surface area contributed by atoms with Crippen molar-refractivity contribution in [3.05, 3.63) is 65.2 Å². The molecular formula is C22H24F3NO3. The Hall–Kier alpha value is -2.70. The first-order valence-electron chi connectivity index (χ1n) is 9.31. The molecule has 0 radical (unpaired) electrons. The number of hydrogen-bond donors (Lipinski definition) is 0. The first-order chi connectivity index (χ1) is 13.5. The van der Waals surface area contributed by atoms with E-state index in [-0.39, 0.29) is 12.0 Å². The van der Waals surface area contributed by atoms with Crippen molar-refractivity contribution in [2.45, 2.75) is 51.1 Å². The largest absolute Gasteiger partial charge is 0.497 e. The van der Waals surface area contributed by atoms with Gasteiger partial charge in [-0.2, -0.15) is 13.2 Å².